The lowest BCUT2D eigenvalue weighted by atomic mass is 9.32. The summed E-state index contributed by atoms with van der Waals surface area (Å²) in [6.45, 7) is 9.85. The van der Waals surface area contributed by atoms with Gasteiger partial charge in [0.15, 0.2) is 5.76 Å². The predicted molar refractivity (Wildman–Crippen MR) is 239 cm³/mol. The highest BCUT2D eigenvalue weighted by atomic mass is 35.5. The molecular formula is C52H60ClF3N2O6. The lowest BCUT2D eigenvalue weighted by Gasteiger charge is -2.71. The molecule has 11 unspecified atom stereocenters. The van der Waals surface area contributed by atoms with Crippen molar-refractivity contribution in [3.05, 3.63) is 94.7 Å². The number of nitrogens with zero attached hydrogens (tertiary/aromatic N) is 1. The van der Waals surface area contributed by atoms with Crippen LogP contribution in [0.2, 0.25) is 5.02 Å². The first-order valence-electron chi connectivity index (χ1n) is 23.2. The fourth-order valence-electron chi connectivity index (χ4n) is 15.1. The number of fused-ring (bicyclic) bond motifs is 3. The van der Waals surface area contributed by atoms with E-state index in [4.69, 9.17) is 20.8 Å². The first-order valence-corrected chi connectivity index (χ1v) is 23.6. The summed E-state index contributed by atoms with van der Waals surface area (Å²) in [5, 5.41) is 27.8. The largest absolute Gasteiger partial charge is 0.497 e. The van der Waals surface area contributed by atoms with E-state index in [1.807, 2.05) is 29.2 Å². The average molecular weight is 902 g/mol. The number of carbonyl (C=O) groups is 2. The molecule has 8 nitrogen and oxygen atoms in total. The fraction of sp³-hybridized carbons (Fsp3) is 0.577. The van der Waals surface area contributed by atoms with E-state index in [0.717, 1.165) is 44.2 Å². The molecule has 12 rings (SSSR count). The monoisotopic (exact) mass is 900 g/mol. The molecule has 0 radical (unpaired) electrons. The van der Waals surface area contributed by atoms with Gasteiger partial charge in [0.05, 0.1) is 35.9 Å². The van der Waals surface area contributed by atoms with Gasteiger partial charge < -0.3 is 29.6 Å². The first kappa shape index (κ1) is 43.8. The maximum atomic E-state index is 15.3. The number of aliphatic hydroxyl groups excluding tert-OH is 1. The third-order valence-electron chi connectivity index (χ3n) is 18.9. The Morgan fingerprint density at radius 2 is 1.64 bits per heavy atom. The van der Waals surface area contributed by atoms with Crippen molar-refractivity contribution in [1.29, 1.82) is 0 Å². The number of amides is 2. The lowest BCUT2D eigenvalue weighted by Crippen LogP contribution is -2.67. The zero-order chi connectivity index (χ0) is 45.4. The minimum Gasteiger partial charge on any atom is -0.497 e. The topological polar surface area (TPSA) is 112 Å². The Bertz CT molecular complexity index is 2440. The number of benzene rings is 2. The molecule has 12 heteroatoms. The third-order valence-corrected chi connectivity index (χ3v) is 19.2. The summed E-state index contributed by atoms with van der Waals surface area (Å²) in [5.74, 6) is 1.67. The number of furan rings is 1. The zero-order valence-corrected chi connectivity index (χ0v) is 38.1. The normalized spacial score (nSPS) is 37.7. The summed E-state index contributed by atoms with van der Waals surface area (Å²) in [6, 6.07) is 13.1. The molecule has 6 saturated carbocycles. The Morgan fingerprint density at radius 3 is 2.34 bits per heavy atom. The first-order chi connectivity index (χ1) is 30.2. The van der Waals surface area contributed by atoms with Gasteiger partial charge in [0.1, 0.15) is 11.5 Å². The van der Waals surface area contributed by atoms with Gasteiger partial charge in [0.2, 0.25) is 5.78 Å². The van der Waals surface area contributed by atoms with E-state index in [1.165, 1.54) is 18.2 Å². The Balaban J connectivity index is 1.01. The standard InChI is InChI=1S/C52H60ClF3N2O6/c1-46(2)31-7-6-30(37(46)25-31)28-58(45(61)57-33-9-11-35(63-5)12-10-33)29-50(62)21-18-43-48(50,4)20-17-42-47(3)19-16-34(59)26-49(47)22-23-51(42,43)38(27-49)44(60)41-15-14-40(64-41)36-24-32(52(54,55)56)8-13-39(36)53/h8-15,22-24,27,30-31,34,37,42-43,59,62H,6-7,16-21,25-26,28-29H2,1-5H3,(H,57,61). The number of anilines is 1. The second-order valence-electron chi connectivity index (χ2n) is 21.7. The second kappa shape index (κ2) is 14.7. The van der Waals surface area contributed by atoms with Crippen molar-refractivity contribution in [2.75, 3.05) is 25.5 Å². The predicted octanol–water partition coefficient (Wildman–Crippen LogP) is 12.0. The highest BCUT2D eigenvalue weighted by Gasteiger charge is 2.75. The number of urea groups is 1. The number of carbonyl (C=O) groups excluding carboxylic acids is 2. The molecule has 6 fully saturated rings. The molecule has 9 aliphatic carbocycles. The molecule has 4 bridgehead atoms. The molecule has 0 saturated heterocycles. The van der Waals surface area contributed by atoms with Crippen LogP contribution in [0.25, 0.3) is 11.3 Å². The second-order valence-corrected chi connectivity index (χ2v) is 22.1. The number of Topliss-reactive ketones (excluding diaryl/α,β-unsaturated/α-hetero) is 1. The smallest absolute Gasteiger partial charge is 0.416 e. The van der Waals surface area contributed by atoms with Crippen molar-refractivity contribution >= 4 is 29.1 Å². The molecular weight excluding hydrogens is 841 g/mol. The lowest BCUT2D eigenvalue weighted by molar-refractivity contribution is -0.176. The van der Waals surface area contributed by atoms with Crippen LogP contribution in [0.1, 0.15) is 108 Å². The molecule has 342 valence electrons. The summed E-state index contributed by atoms with van der Waals surface area (Å²) in [5.41, 5.74) is -3.17. The number of hydrogen-bond donors (Lipinski definition) is 3. The van der Waals surface area contributed by atoms with Crippen LogP contribution in [0, 0.1) is 56.7 Å². The molecule has 9 aliphatic rings. The third kappa shape index (κ3) is 6.28. The summed E-state index contributed by atoms with van der Waals surface area (Å²) in [6.07, 6.45) is 9.08. The number of alkyl halides is 3. The van der Waals surface area contributed by atoms with E-state index in [1.54, 1.807) is 7.11 Å². The highest BCUT2D eigenvalue weighted by Crippen LogP contribution is 2.78. The Hall–Kier alpha value is -4.06. The number of rotatable bonds is 9. The Morgan fingerprint density at radius 1 is 0.922 bits per heavy atom. The van der Waals surface area contributed by atoms with Crippen molar-refractivity contribution in [1.82, 2.24) is 4.90 Å². The van der Waals surface area contributed by atoms with Gasteiger partial charge in [-0.2, -0.15) is 13.2 Å². The summed E-state index contributed by atoms with van der Waals surface area (Å²) >= 11 is 6.44. The summed E-state index contributed by atoms with van der Waals surface area (Å²) in [4.78, 5) is 31.8. The van der Waals surface area contributed by atoms with Gasteiger partial charge in [0.25, 0.3) is 0 Å². The molecule has 64 heavy (non-hydrogen) atoms. The van der Waals surface area contributed by atoms with Gasteiger partial charge in [-0.25, -0.2) is 4.79 Å². The van der Waals surface area contributed by atoms with Gasteiger partial charge in [-0.3, -0.25) is 4.79 Å². The van der Waals surface area contributed by atoms with Crippen molar-refractivity contribution in [2.24, 2.45) is 56.7 Å². The molecule has 3 aromatic rings. The minimum atomic E-state index is -4.60. The number of halogens is 4. The van der Waals surface area contributed by atoms with E-state index in [-0.39, 0.29) is 63.1 Å². The summed E-state index contributed by atoms with van der Waals surface area (Å²) < 4.78 is 52.9. The van der Waals surface area contributed by atoms with Crippen molar-refractivity contribution in [3.63, 3.8) is 0 Å². The molecule has 1 heterocycles. The molecule has 2 amide bonds. The number of methoxy groups -OCH3 is 1. The molecule has 1 aromatic heterocycles. The van der Waals surface area contributed by atoms with Gasteiger partial charge in [-0.05, 0) is 159 Å². The highest BCUT2D eigenvalue weighted by molar-refractivity contribution is 6.33. The van der Waals surface area contributed by atoms with E-state index >= 15 is 4.79 Å². The van der Waals surface area contributed by atoms with Gasteiger partial charge in [-0.15, -0.1) is 0 Å². The van der Waals surface area contributed by atoms with Gasteiger partial charge >= 0.3 is 12.2 Å². The number of ether oxygens (including phenoxy) is 1. The molecule has 3 N–H and O–H groups in total. The number of allylic oxidation sites excluding steroid dienone is 4. The molecule has 11 atom stereocenters. The van der Waals surface area contributed by atoms with Gasteiger partial charge in [-0.1, -0.05) is 57.5 Å². The van der Waals surface area contributed by atoms with Gasteiger partial charge in [0, 0.05) is 39.6 Å². The van der Waals surface area contributed by atoms with Crippen LogP contribution in [0.5, 0.6) is 5.75 Å². The maximum Gasteiger partial charge on any atom is 0.416 e. The van der Waals surface area contributed by atoms with Crippen LogP contribution in [-0.2, 0) is 6.18 Å². The number of aliphatic hydroxyl groups is 2. The van der Waals surface area contributed by atoms with Crippen LogP contribution >= 0.6 is 11.6 Å². The Kier molecular flexibility index (Phi) is 10.1. The molecule has 0 aliphatic heterocycles. The van der Waals surface area contributed by atoms with Crippen LogP contribution in [-0.4, -0.2) is 58.8 Å². The Labute approximate surface area is 378 Å². The minimum absolute atomic E-state index is 0.000254. The fourth-order valence-corrected chi connectivity index (χ4v) is 15.3. The average Bonchev–Trinajstić information content (AvgIpc) is 3.85. The van der Waals surface area contributed by atoms with E-state index in [9.17, 15) is 28.2 Å². The van der Waals surface area contributed by atoms with E-state index in [0.29, 0.717) is 73.4 Å². The van der Waals surface area contributed by atoms with Crippen LogP contribution < -0.4 is 10.1 Å². The van der Waals surface area contributed by atoms with E-state index in [2.05, 4.69) is 51.2 Å². The van der Waals surface area contributed by atoms with Crippen molar-refractivity contribution in [2.45, 2.75) is 110 Å². The van der Waals surface area contributed by atoms with Crippen LogP contribution in [0.15, 0.2) is 82.8 Å². The van der Waals surface area contributed by atoms with Crippen molar-refractivity contribution in [3.8, 4) is 17.1 Å². The summed E-state index contributed by atoms with van der Waals surface area (Å²) in [7, 11) is 1.60. The van der Waals surface area contributed by atoms with E-state index < -0.39 is 39.7 Å². The maximum absolute atomic E-state index is 15.3. The van der Waals surface area contributed by atoms with Crippen LogP contribution in [0.3, 0.4) is 0 Å². The molecule has 2 spiro atoms. The quantitative estimate of drug-likeness (QED) is 0.146. The van der Waals surface area contributed by atoms with Crippen molar-refractivity contribution < 1.29 is 42.1 Å². The molecule has 2 aromatic carbocycles. The number of nitrogens with one attached hydrogen (secondary N) is 1. The number of ketones is 1. The SMILES string of the molecule is COc1ccc(NC(=O)N(CC2CCC3CC2C3(C)C)CC2(O)CCC3C45C=CC6(C=C4C(=O)c4ccc(-c7cc(C(F)(F)F)ccc7Cl)o4)CC(O)CCC6(C)C5CCC32C)cc1. The number of hydrogen-bond acceptors (Lipinski definition) is 6. The van der Waals surface area contributed by atoms with Crippen LogP contribution in [0.4, 0.5) is 23.7 Å². The zero-order valence-electron chi connectivity index (χ0n) is 37.4.